The van der Waals surface area contributed by atoms with Crippen molar-refractivity contribution >= 4 is 33.1 Å². The summed E-state index contributed by atoms with van der Waals surface area (Å²) in [6.45, 7) is 0.615. The molecule has 0 fully saturated rings. The third kappa shape index (κ3) is 5.61. The second-order valence-electron chi connectivity index (χ2n) is 6.31. The molecule has 0 amide bonds. The van der Waals surface area contributed by atoms with Gasteiger partial charge < -0.3 is 10.6 Å². The van der Waals surface area contributed by atoms with Crippen LogP contribution in [0.15, 0.2) is 65.3 Å². The van der Waals surface area contributed by atoms with Crippen molar-refractivity contribution in [2.45, 2.75) is 12.2 Å². The average Bonchev–Trinajstić information content (AvgIpc) is 2.59. The minimum atomic E-state index is -3.02. The van der Waals surface area contributed by atoms with Gasteiger partial charge in [0.05, 0.1) is 12.3 Å². The lowest BCUT2D eigenvalue weighted by Crippen LogP contribution is -2.30. The van der Waals surface area contributed by atoms with Gasteiger partial charge in [-0.2, -0.15) is 0 Å². The summed E-state index contributed by atoms with van der Waals surface area (Å²) >= 11 is 5.90. The lowest BCUT2D eigenvalue weighted by Gasteiger charge is -2.16. The van der Waals surface area contributed by atoms with Crippen LogP contribution in [0.1, 0.15) is 11.1 Å². The molecule has 1 heterocycles. The smallest absolute Gasteiger partial charge is 0.200 e. The van der Waals surface area contributed by atoms with Crippen molar-refractivity contribution in [3.8, 4) is 0 Å². The van der Waals surface area contributed by atoms with Gasteiger partial charge in [0.1, 0.15) is 0 Å². The molecule has 26 heavy (non-hydrogen) atoms. The summed E-state index contributed by atoms with van der Waals surface area (Å²) in [7, 11) is -3.02. The minimum Gasteiger partial charge on any atom is -0.333 e. The molecule has 0 spiro atoms. The normalized spacial score (nSPS) is 14.2. The van der Waals surface area contributed by atoms with Crippen LogP contribution < -0.4 is 10.6 Å². The molecule has 5 nitrogen and oxygen atoms in total. The van der Waals surface area contributed by atoms with Crippen molar-refractivity contribution < 1.29 is 8.42 Å². The van der Waals surface area contributed by atoms with Crippen LogP contribution in [0.4, 0.5) is 5.69 Å². The summed E-state index contributed by atoms with van der Waals surface area (Å²) in [5, 5.41) is 7.08. The van der Waals surface area contributed by atoms with E-state index in [1.54, 1.807) is 12.1 Å². The van der Waals surface area contributed by atoms with Crippen LogP contribution in [0, 0.1) is 0 Å². The maximum absolute atomic E-state index is 11.3. The largest absolute Gasteiger partial charge is 0.333 e. The molecule has 0 unspecified atom stereocenters. The van der Waals surface area contributed by atoms with Gasteiger partial charge in [-0.3, -0.25) is 0 Å². The molecule has 136 valence electrons. The topological polar surface area (TPSA) is 70.6 Å². The minimum absolute atomic E-state index is 0.0449. The summed E-state index contributed by atoms with van der Waals surface area (Å²) in [6.07, 6.45) is 4.01. The molecule has 0 aliphatic carbocycles. The number of anilines is 1. The number of nitrogens with one attached hydrogen (secondary N) is 2. The molecule has 7 heteroatoms. The number of halogens is 1. The van der Waals surface area contributed by atoms with Crippen molar-refractivity contribution in [2.75, 3.05) is 18.1 Å². The molecule has 0 saturated heterocycles. The maximum atomic E-state index is 11.3. The van der Waals surface area contributed by atoms with Crippen LogP contribution in [0.3, 0.4) is 0 Å². The first-order chi connectivity index (χ1) is 12.4. The highest BCUT2D eigenvalue weighted by atomic mass is 35.5. The fourth-order valence-electron chi connectivity index (χ4n) is 2.61. The Balaban J connectivity index is 1.54. The Labute approximate surface area is 158 Å². The Kier molecular flexibility index (Phi) is 5.64. The van der Waals surface area contributed by atoms with Gasteiger partial charge in [-0.05, 0) is 47.4 Å². The number of sulfone groups is 1. The Hall–Kier alpha value is -2.31. The Morgan fingerprint density at radius 1 is 1.08 bits per heavy atom. The van der Waals surface area contributed by atoms with Crippen LogP contribution >= 0.6 is 11.6 Å². The fourth-order valence-corrected chi connectivity index (χ4v) is 3.54. The Morgan fingerprint density at radius 2 is 1.73 bits per heavy atom. The molecule has 2 N–H and O–H groups in total. The van der Waals surface area contributed by atoms with Gasteiger partial charge in [-0.25, -0.2) is 13.4 Å². The third-order valence-electron chi connectivity index (χ3n) is 3.84. The molecule has 2 aromatic rings. The highest BCUT2D eigenvalue weighted by Crippen LogP contribution is 2.15. The summed E-state index contributed by atoms with van der Waals surface area (Å²) in [4.78, 5) is 4.51. The number of nitrogens with zero attached hydrogens (tertiary/aromatic N) is 1. The third-order valence-corrected chi connectivity index (χ3v) is 4.95. The highest BCUT2D eigenvalue weighted by Gasteiger charge is 2.08. The predicted molar refractivity (Wildman–Crippen MR) is 107 cm³/mol. The van der Waals surface area contributed by atoms with Crippen molar-refractivity contribution in [2.24, 2.45) is 4.99 Å². The fraction of sp³-hybridized carbons (Fsp3) is 0.211. The molecular formula is C19H20ClN3O2S. The van der Waals surface area contributed by atoms with Crippen LogP contribution in [-0.4, -0.2) is 27.2 Å². The molecule has 1 aliphatic heterocycles. The van der Waals surface area contributed by atoms with E-state index in [0.717, 1.165) is 22.7 Å². The quantitative estimate of drug-likeness (QED) is 0.822. The summed E-state index contributed by atoms with van der Waals surface area (Å²) in [5.41, 5.74) is 3.99. The average molecular weight is 390 g/mol. The van der Waals surface area contributed by atoms with E-state index in [9.17, 15) is 8.42 Å². The molecule has 3 rings (SSSR count). The van der Waals surface area contributed by atoms with Crippen LogP contribution in [0.25, 0.3) is 0 Å². The molecular weight excluding hydrogens is 370 g/mol. The number of benzene rings is 2. The van der Waals surface area contributed by atoms with Gasteiger partial charge in [0.15, 0.2) is 15.8 Å². The molecule has 1 aliphatic rings. The van der Waals surface area contributed by atoms with Crippen molar-refractivity contribution in [1.29, 1.82) is 0 Å². The van der Waals surface area contributed by atoms with Gasteiger partial charge in [0.2, 0.25) is 0 Å². The zero-order chi connectivity index (χ0) is 18.6. The van der Waals surface area contributed by atoms with Gasteiger partial charge in [0.25, 0.3) is 0 Å². The first kappa shape index (κ1) is 18.5. The zero-order valence-corrected chi connectivity index (χ0v) is 15.9. The van der Waals surface area contributed by atoms with E-state index in [-0.39, 0.29) is 5.75 Å². The lowest BCUT2D eigenvalue weighted by molar-refractivity contribution is 0.601. The molecule has 0 atom stereocenters. The van der Waals surface area contributed by atoms with Gasteiger partial charge in [0, 0.05) is 23.2 Å². The summed E-state index contributed by atoms with van der Waals surface area (Å²) < 4.78 is 22.6. The van der Waals surface area contributed by atoms with Crippen molar-refractivity contribution in [3.05, 3.63) is 76.5 Å². The van der Waals surface area contributed by atoms with E-state index in [1.165, 1.54) is 17.4 Å². The van der Waals surface area contributed by atoms with E-state index in [2.05, 4.69) is 15.6 Å². The van der Waals surface area contributed by atoms with Gasteiger partial charge >= 0.3 is 0 Å². The van der Waals surface area contributed by atoms with Crippen LogP contribution in [0.5, 0.6) is 0 Å². The van der Waals surface area contributed by atoms with Gasteiger partial charge in [-0.1, -0.05) is 35.9 Å². The zero-order valence-electron chi connectivity index (χ0n) is 14.4. The standard InChI is InChI=1S/C19H20ClN3O2S/c1-26(24,25)13-15-4-8-18(9-5-15)23-19-21-11-16(12-22-19)10-14-2-6-17(20)7-3-14/h2-9,11H,10,12-13H2,1H3,(H2,21,22,23). The van der Waals surface area contributed by atoms with E-state index in [1.807, 2.05) is 42.6 Å². The predicted octanol–water partition coefficient (Wildman–Crippen LogP) is 3.38. The molecule has 2 aromatic carbocycles. The number of hydrogen-bond acceptors (Lipinski definition) is 5. The van der Waals surface area contributed by atoms with E-state index < -0.39 is 9.84 Å². The monoisotopic (exact) mass is 389 g/mol. The SMILES string of the molecule is CS(=O)(=O)Cc1ccc(NC2=NCC(Cc3ccc(Cl)cc3)=CN2)cc1. The first-order valence-electron chi connectivity index (χ1n) is 8.14. The van der Waals surface area contributed by atoms with Crippen molar-refractivity contribution in [1.82, 2.24) is 5.32 Å². The molecule has 0 radical (unpaired) electrons. The molecule has 0 aromatic heterocycles. The number of aliphatic imine (C=N–C) groups is 1. The van der Waals surface area contributed by atoms with Crippen LogP contribution in [0.2, 0.25) is 5.02 Å². The van der Waals surface area contributed by atoms with Crippen LogP contribution in [-0.2, 0) is 22.0 Å². The molecule has 0 saturated carbocycles. The molecule has 0 bridgehead atoms. The number of rotatable bonds is 5. The second-order valence-corrected chi connectivity index (χ2v) is 8.88. The first-order valence-corrected chi connectivity index (χ1v) is 10.6. The maximum Gasteiger partial charge on any atom is 0.200 e. The van der Waals surface area contributed by atoms with Gasteiger partial charge in [-0.15, -0.1) is 0 Å². The highest BCUT2D eigenvalue weighted by molar-refractivity contribution is 7.89. The Bertz CT molecular complexity index is 934. The second kappa shape index (κ2) is 7.93. The number of hydrogen-bond donors (Lipinski definition) is 2. The van der Waals surface area contributed by atoms with E-state index in [0.29, 0.717) is 12.5 Å². The number of guanidine groups is 1. The summed E-state index contributed by atoms with van der Waals surface area (Å²) in [5.74, 6) is 0.712. The van der Waals surface area contributed by atoms with E-state index >= 15 is 0 Å². The Morgan fingerprint density at radius 3 is 2.31 bits per heavy atom. The lowest BCUT2D eigenvalue weighted by atomic mass is 10.1. The summed E-state index contributed by atoms with van der Waals surface area (Å²) in [6, 6.07) is 15.1. The van der Waals surface area contributed by atoms with E-state index in [4.69, 9.17) is 11.6 Å². The van der Waals surface area contributed by atoms with Crippen molar-refractivity contribution in [3.63, 3.8) is 0 Å².